The summed E-state index contributed by atoms with van der Waals surface area (Å²) in [5.41, 5.74) is 3.70. The van der Waals surface area contributed by atoms with Crippen molar-refractivity contribution in [2.75, 3.05) is 4.90 Å². The topological polar surface area (TPSA) is 79.2 Å². The molecule has 1 amide bonds. The zero-order valence-electron chi connectivity index (χ0n) is 17.3. The maximum absolute atomic E-state index is 14.0. The van der Waals surface area contributed by atoms with Gasteiger partial charge in [-0.3, -0.25) is 9.20 Å². The number of fused-ring (bicyclic) bond motifs is 1. The average molecular weight is 461 g/mol. The highest BCUT2D eigenvalue weighted by atomic mass is 35.5. The van der Waals surface area contributed by atoms with E-state index in [1.807, 2.05) is 48.7 Å². The normalized spacial score (nSPS) is 11.1. The van der Waals surface area contributed by atoms with E-state index in [2.05, 4.69) is 20.2 Å². The number of imidazole rings is 1. The number of aromatic nitrogens is 5. The number of carbonyl (C=O) groups is 1. The first kappa shape index (κ1) is 20.8. The van der Waals surface area contributed by atoms with Gasteiger partial charge in [0.2, 0.25) is 5.91 Å². The molecule has 7 nitrogen and oxygen atoms in total. The number of carbonyl (C=O) groups excluding carboxylic acids is 1. The van der Waals surface area contributed by atoms with Crippen LogP contribution >= 0.6 is 11.6 Å². The number of anilines is 1. The van der Waals surface area contributed by atoms with Crippen molar-refractivity contribution in [2.24, 2.45) is 0 Å². The number of nitrogens with zero attached hydrogens (tertiary/aromatic N) is 5. The van der Waals surface area contributed by atoms with Gasteiger partial charge in [0.05, 0.1) is 31.2 Å². The second-order valence-corrected chi connectivity index (χ2v) is 7.93. The van der Waals surface area contributed by atoms with Crippen LogP contribution in [0.25, 0.3) is 16.9 Å². The number of amides is 1. The average Bonchev–Trinajstić information content (AvgIpc) is 3.48. The van der Waals surface area contributed by atoms with E-state index in [-0.39, 0.29) is 23.9 Å². The zero-order chi connectivity index (χ0) is 22.8. The molecule has 9 heteroatoms. The fourth-order valence-corrected chi connectivity index (χ4v) is 3.93. The molecule has 33 heavy (non-hydrogen) atoms. The fraction of sp³-hybridized carbons (Fsp3) is 0.0833. The second kappa shape index (κ2) is 8.84. The second-order valence-electron chi connectivity index (χ2n) is 7.49. The highest BCUT2D eigenvalue weighted by Gasteiger charge is 2.20. The quantitative estimate of drug-likeness (QED) is 0.399. The summed E-state index contributed by atoms with van der Waals surface area (Å²) >= 11 is 6.04. The molecule has 0 spiro atoms. The van der Waals surface area contributed by atoms with Gasteiger partial charge in [-0.25, -0.2) is 9.37 Å². The van der Waals surface area contributed by atoms with Crippen molar-refractivity contribution in [3.05, 3.63) is 102 Å². The molecule has 164 valence electrons. The number of benzene rings is 2. The highest BCUT2D eigenvalue weighted by molar-refractivity contribution is 6.30. The molecule has 0 fully saturated rings. The maximum Gasteiger partial charge on any atom is 0.234 e. The lowest BCUT2D eigenvalue weighted by Gasteiger charge is -2.23. The van der Waals surface area contributed by atoms with Gasteiger partial charge < -0.3 is 9.88 Å². The van der Waals surface area contributed by atoms with E-state index < -0.39 is 5.82 Å². The summed E-state index contributed by atoms with van der Waals surface area (Å²) in [6, 6.07) is 17.3. The van der Waals surface area contributed by atoms with Crippen LogP contribution in [0.2, 0.25) is 5.02 Å². The van der Waals surface area contributed by atoms with Crippen molar-refractivity contribution in [1.29, 1.82) is 0 Å². The van der Waals surface area contributed by atoms with Crippen molar-refractivity contribution < 1.29 is 9.18 Å². The van der Waals surface area contributed by atoms with E-state index in [1.165, 1.54) is 12.1 Å². The molecule has 3 heterocycles. The lowest BCUT2D eigenvalue weighted by Crippen LogP contribution is -2.32. The van der Waals surface area contributed by atoms with E-state index in [0.29, 0.717) is 22.7 Å². The molecule has 5 rings (SSSR count). The van der Waals surface area contributed by atoms with Crippen molar-refractivity contribution in [3.8, 4) is 11.3 Å². The number of hydrogen-bond donors (Lipinski definition) is 1. The number of hydrogen-bond acceptors (Lipinski definition) is 4. The molecule has 0 saturated carbocycles. The van der Waals surface area contributed by atoms with Crippen molar-refractivity contribution in [1.82, 2.24) is 24.6 Å². The van der Waals surface area contributed by atoms with Gasteiger partial charge in [-0.1, -0.05) is 29.8 Å². The SMILES string of the molecule is O=C(Cc1nnc2ccccn12)N(Cc1cc(F)cc(Cl)c1)c1ccc(-c2cnc[nH]2)cc1. The van der Waals surface area contributed by atoms with Gasteiger partial charge in [-0.2, -0.15) is 0 Å². The summed E-state index contributed by atoms with van der Waals surface area (Å²) in [5, 5.41) is 8.56. The zero-order valence-corrected chi connectivity index (χ0v) is 18.1. The number of nitrogens with one attached hydrogen (secondary N) is 1. The Morgan fingerprint density at radius 1 is 1.09 bits per heavy atom. The third kappa shape index (κ3) is 4.47. The van der Waals surface area contributed by atoms with Gasteiger partial charge in [0.1, 0.15) is 11.6 Å². The van der Waals surface area contributed by atoms with Crippen molar-refractivity contribution in [2.45, 2.75) is 13.0 Å². The summed E-state index contributed by atoms with van der Waals surface area (Å²) < 4.78 is 15.7. The predicted molar refractivity (Wildman–Crippen MR) is 123 cm³/mol. The van der Waals surface area contributed by atoms with Crippen LogP contribution in [0.5, 0.6) is 0 Å². The minimum absolute atomic E-state index is 0.0243. The number of H-pyrrole nitrogens is 1. The summed E-state index contributed by atoms with van der Waals surface area (Å²) in [6.07, 6.45) is 5.17. The lowest BCUT2D eigenvalue weighted by atomic mass is 10.1. The highest BCUT2D eigenvalue weighted by Crippen LogP contribution is 2.25. The largest absolute Gasteiger partial charge is 0.345 e. The van der Waals surface area contributed by atoms with Crippen molar-refractivity contribution >= 4 is 28.8 Å². The number of pyridine rings is 1. The van der Waals surface area contributed by atoms with Crippen LogP contribution in [0.1, 0.15) is 11.4 Å². The molecule has 0 radical (unpaired) electrons. The van der Waals surface area contributed by atoms with E-state index in [0.717, 1.165) is 11.3 Å². The molecule has 0 saturated heterocycles. The molecule has 0 aliphatic carbocycles. The van der Waals surface area contributed by atoms with Gasteiger partial charge in [0, 0.05) is 16.9 Å². The third-order valence-electron chi connectivity index (χ3n) is 5.25. The molecule has 3 aromatic heterocycles. The Kier molecular flexibility index (Phi) is 5.58. The third-order valence-corrected chi connectivity index (χ3v) is 5.46. The summed E-state index contributed by atoms with van der Waals surface area (Å²) in [4.78, 5) is 22.1. The van der Waals surface area contributed by atoms with Crippen LogP contribution in [0.4, 0.5) is 10.1 Å². The van der Waals surface area contributed by atoms with Crippen LogP contribution in [0.3, 0.4) is 0 Å². The Bertz CT molecular complexity index is 1390. The number of halogens is 2. The molecule has 0 aliphatic heterocycles. The minimum atomic E-state index is -0.456. The van der Waals surface area contributed by atoms with Gasteiger partial charge in [0.15, 0.2) is 5.65 Å². The Morgan fingerprint density at radius 3 is 2.70 bits per heavy atom. The molecular weight excluding hydrogens is 443 g/mol. The molecule has 0 atom stereocenters. The Morgan fingerprint density at radius 2 is 1.94 bits per heavy atom. The van der Waals surface area contributed by atoms with Crippen LogP contribution in [0, 0.1) is 5.82 Å². The van der Waals surface area contributed by atoms with Crippen LogP contribution < -0.4 is 4.90 Å². The predicted octanol–water partition coefficient (Wildman–Crippen LogP) is 4.69. The van der Waals surface area contributed by atoms with E-state index >= 15 is 0 Å². The van der Waals surface area contributed by atoms with Gasteiger partial charge in [0.25, 0.3) is 0 Å². The van der Waals surface area contributed by atoms with Gasteiger partial charge >= 0.3 is 0 Å². The smallest absolute Gasteiger partial charge is 0.234 e. The van der Waals surface area contributed by atoms with E-state index in [4.69, 9.17) is 11.6 Å². The molecule has 1 N–H and O–H groups in total. The molecule has 0 bridgehead atoms. The van der Waals surface area contributed by atoms with E-state index in [9.17, 15) is 9.18 Å². The molecule has 0 unspecified atom stereocenters. The minimum Gasteiger partial charge on any atom is -0.345 e. The Hall–Kier alpha value is -4.04. The lowest BCUT2D eigenvalue weighted by molar-refractivity contribution is -0.118. The molecule has 0 aliphatic rings. The first-order valence-corrected chi connectivity index (χ1v) is 10.6. The van der Waals surface area contributed by atoms with Crippen LogP contribution in [-0.2, 0) is 17.8 Å². The monoisotopic (exact) mass is 460 g/mol. The fourth-order valence-electron chi connectivity index (χ4n) is 3.69. The Balaban J connectivity index is 1.48. The van der Waals surface area contributed by atoms with Gasteiger partial charge in [-0.05, 0) is 53.6 Å². The standard InChI is InChI=1S/C24H18ClFN6O/c25-18-9-16(10-19(26)11-18)14-32(20-6-4-17(5-7-20)21-13-27-15-28-21)24(33)12-23-30-29-22-3-1-2-8-31(22)23/h1-11,13,15H,12,14H2,(H,27,28). The van der Waals surface area contributed by atoms with E-state index in [1.54, 1.807) is 27.9 Å². The summed E-state index contributed by atoms with van der Waals surface area (Å²) in [7, 11) is 0. The first-order chi connectivity index (χ1) is 16.1. The molecule has 2 aromatic carbocycles. The molecular formula is C24H18ClFN6O. The molecule has 5 aromatic rings. The summed E-state index contributed by atoms with van der Waals surface area (Å²) in [6.45, 7) is 0.149. The Labute approximate surface area is 193 Å². The number of aromatic amines is 1. The summed E-state index contributed by atoms with van der Waals surface area (Å²) in [5.74, 6) is -0.141. The first-order valence-electron chi connectivity index (χ1n) is 10.2. The van der Waals surface area contributed by atoms with Gasteiger partial charge in [-0.15, -0.1) is 10.2 Å². The van der Waals surface area contributed by atoms with Crippen molar-refractivity contribution in [3.63, 3.8) is 0 Å². The van der Waals surface area contributed by atoms with Crippen LogP contribution in [0.15, 0.2) is 79.4 Å². The van der Waals surface area contributed by atoms with Crippen LogP contribution in [-0.4, -0.2) is 30.5 Å². The number of rotatable bonds is 6. The maximum atomic E-state index is 14.0.